The average Bonchev–Trinajstić information content (AvgIpc) is 3.25. The predicted molar refractivity (Wildman–Crippen MR) is 136 cm³/mol. The molecule has 1 fully saturated rings. The maximum absolute atomic E-state index is 13.4. The van der Waals surface area contributed by atoms with Crippen molar-refractivity contribution in [2.45, 2.75) is 13.3 Å². The summed E-state index contributed by atoms with van der Waals surface area (Å²) in [6.45, 7) is 2.07. The van der Waals surface area contributed by atoms with Gasteiger partial charge in [-0.15, -0.1) is 0 Å². The molecule has 0 saturated carbocycles. The number of carbonyl (C=O) groups excluding carboxylic acids is 3. The molecule has 4 rings (SSSR count). The van der Waals surface area contributed by atoms with Gasteiger partial charge in [-0.2, -0.15) is 0 Å². The van der Waals surface area contributed by atoms with E-state index in [1.54, 1.807) is 48.5 Å². The van der Waals surface area contributed by atoms with Crippen molar-refractivity contribution in [3.63, 3.8) is 0 Å². The highest BCUT2D eigenvalue weighted by Crippen LogP contribution is 2.44. The number of carboxylic acid groups (broad SMARTS) is 1. The first-order valence-corrected chi connectivity index (χ1v) is 12.0. The summed E-state index contributed by atoms with van der Waals surface area (Å²) in [5.74, 6) is -1.79. The molecule has 2 aromatic carbocycles. The number of nitrogens with one attached hydrogen (secondary N) is 1. The summed E-state index contributed by atoms with van der Waals surface area (Å²) in [5.41, 5.74) is 1.73. The van der Waals surface area contributed by atoms with E-state index in [-0.39, 0.29) is 34.3 Å². The van der Waals surface area contributed by atoms with E-state index < -0.39 is 23.7 Å². The normalized spacial score (nSPS) is 17.1. The van der Waals surface area contributed by atoms with Crippen molar-refractivity contribution < 1.29 is 29.0 Å². The molecule has 1 saturated heterocycles. The van der Waals surface area contributed by atoms with Gasteiger partial charge in [0.25, 0.3) is 11.8 Å². The molecule has 3 amide bonds. The summed E-state index contributed by atoms with van der Waals surface area (Å²) in [6.07, 6.45) is -0.266. The Labute approximate surface area is 210 Å². The second-order valence-corrected chi connectivity index (χ2v) is 9.23. The topological polar surface area (TPSA) is 116 Å². The highest BCUT2D eigenvalue weighted by molar-refractivity contribution is 8.26. The Balaban J connectivity index is 1.57. The Morgan fingerprint density at radius 3 is 2.46 bits per heavy atom. The fourth-order valence-electron chi connectivity index (χ4n) is 3.75. The van der Waals surface area contributed by atoms with Crippen LogP contribution in [0.5, 0.6) is 5.75 Å². The first-order valence-electron chi connectivity index (χ1n) is 10.7. The molecule has 0 atom stereocenters. The number of thiocarbonyl (C=S) groups is 1. The third-order valence-electron chi connectivity index (χ3n) is 5.30. The molecule has 0 unspecified atom stereocenters. The number of aliphatic carboxylic acids is 1. The molecule has 11 heteroatoms. The molecule has 2 aromatic rings. The second-order valence-electron chi connectivity index (χ2n) is 7.59. The van der Waals surface area contributed by atoms with Crippen LogP contribution >= 0.6 is 24.0 Å². The van der Waals surface area contributed by atoms with Crippen LogP contribution in [0.25, 0.3) is 5.57 Å². The van der Waals surface area contributed by atoms with E-state index in [1.807, 2.05) is 6.92 Å². The van der Waals surface area contributed by atoms with Crippen LogP contribution in [0.2, 0.25) is 0 Å². The third-order valence-corrected chi connectivity index (χ3v) is 6.75. The molecule has 0 aliphatic carbocycles. The minimum Gasteiger partial charge on any atom is -0.494 e. The lowest BCUT2D eigenvalue weighted by molar-refractivity contribution is -0.137. The molecule has 2 heterocycles. The lowest BCUT2D eigenvalue weighted by atomic mass is 10.1. The number of thioether (sulfide) groups is 1. The number of amides is 3. The molecule has 2 aliphatic heterocycles. The first-order chi connectivity index (χ1) is 16.8. The number of anilines is 2. The Morgan fingerprint density at radius 2 is 1.77 bits per heavy atom. The number of carboxylic acids is 1. The summed E-state index contributed by atoms with van der Waals surface area (Å²) in [6, 6.07) is 13.8. The van der Waals surface area contributed by atoms with Crippen molar-refractivity contribution >= 4 is 68.9 Å². The number of benzene rings is 2. The van der Waals surface area contributed by atoms with Gasteiger partial charge in [-0.25, -0.2) is 0 Å². The quantitative estimate of drug-likeness (QED) is 0.410. The van der Waals surface area contributed by atoms with Gasteiger partial charge in [-0.05, 0) is 37.3 Å². The van der Waals surface area contributed by atoms with Crippen molar-refractivity contribution in [3.8, 4) is 5.75 Å². The fraction of sp³-hybridized carbons (Fsp3) is 0.208. The van der Waals surface area contributed by atoms with Crippen LogP contribution in [0.1, 0.15) is 18.9 Å². The maximum atomic E-state index is 13.4. The van der Waals surface area contributed by atoms with Crippen molar-refractivity contribution in [1.82, 2.24) is 4.90 Å². The number of nitrogens with zero attached hydrogens (tertiary/aromatic N) is 2. The minimum atomic E-state index is -1.06. The highest BCUT2D eigenvalue weighted by Gasteiger charge is 2.42. The molecule has 35 heavy (non-hydrogen) atoms. The van der Waals surface area contributed by atoms with Gasteiger partial charge < -0.3 is 15.2 Å². The molecule has 2 aliphatic rings. The van der Waals surface area contributed by atoms with E-state index in [0.717, 1.165) is 11.8 Å². The number of hydrogen-bond acceptors (Lipinski definition) is 7. The number of ether oxygens (including phenoxy) is 1. The van der Waals surface area contributed by atoms with Gasteiger partial charge >= 0.3 is 5.97 Å². The zero-order valence-corrected chi connectivity index (χ0v) is 20.3. The number of hydrogen-bond donors (Lipinski definition) is 2. The van der Waals surface area contributed by atoms with Crippen LogP contribution in [-0.2, 0) is 19.2 Å². The number of para-hydroxylation sites is 1. The Bertz CT molecular complexity index is 1260. The average molecular weight is 512 g/mol. The van der Waals surface area contributed by atoms with Crippen molar-refractivity contribution in [2.75, 3.05) is 29.9 Å². The van der Waals surface area contributed by atoms with Crippen LogP contribution in [0, 0.1) is 0 Å². The molecule has 9 nitrogen and oxygen atoms in total. The maximum Gasteiger partial charge on any atom is 0.305 e. The number of fused-ring (bicyclic) bond motifs is 1. The van der Waals surface area contributed by atoms with E-state index in [0.29, 0.717) is 29.3 Å². The smallest absolute Gasteiger partial charge is 0.305 e. The molecule has 0 aromatic heterocycles. The van der Waals surface area contributed by atoms with Gasteiger partial charge in [0.05, 0.1) is 29.2 Å². The van der Waals surface area contributed by atoms with Gasteiger partial charge in [0, 0.05) is 17.8 Å². The summed E-state index contributed by atoms with van der Waals surface area (Å²) in [4.78, 5) is 52.8. The zero-order chi connectivity index (χ0) is 25.1. The third kappa shape index (κ3) is 5.05. The molecule has 0 bridgehead atoms. The SMILES string of the molecule is CCOc1ccc(NC(=O)CN2C(=O)C(=C3SC(=S)N(CCC(=O)O)C3=O)c3ccccc32)cc1. The fourth-order valence-corrected chi connectivity index (χ4v) is 5.13. The Morgan fingerprint density at radius 1 is 1.06 bits per heavy atom. The first kappa shape index (κ1) is 24.4. The molecular formula is C24H21N3O6S2. The van der Waals surface area contributed by atoms with Crippen LogP contribution in [-0.4, -0.2) is 57.7 Å². The van der Waals surface area contributed by atoms with Crippen LogP contribution in [0.3, 0.4) is 0 Å². The van der Waals surface area contributed by atoms with Crippen molar-refractivity contribution in [3.05, 3.63) is 59.0 Å². The van der Waals surface area contributed by atoms with Crippen LogP contribution in [0.4, 0.5) is 11.4 Å². The minimum absolute atomic E-state index is 0.0825. The standard InChI is InChI=1S/C24H21N3O6S2/c1-2-33-15-9-7-14(8-10-15)25-18(28)13-27-17-6-4-3-5-16(17)20(22(27)31)21-23(32)26(24(34)35-21)12-11-19(29)30/h3-10H,2,11-13H2,1H3,(H,25,28)(H,29,30). The van der Waals surface area contributed by atoms with Crippen molar-refractivity contribution in [2.24, 2.45) is 0 Å². The summed E-state index contributed by atoms with van der Waals surface area (Å²) in [5, 5.41) is 11.7. The van der Waals surface area contributed by atoms with E-state index >= 15 is 0 Å². The summed E-state index contributed by atoms with van der Waals surface area (Å²) in [7, 11) is 0. The monoisotopic (exact) mass is 511 g/mol. The predicted octanol–water partition coefficient (Wildman–Crippen LogP) is 3.12. The molecule has 180 valence electrons. The van der Waals surface area contributed by atoms with Gasteiger partial charge in [0.15, 0.2) is 0 Å². The van der Waals surface area contributed by atoms with Crippen molar-refractivity contribution in [1.29, 1.82) is 0 Å². The Kier molecular flexibility index (Phi) is 7.17. The number of rotatable bonds is 8. The Hall–Kier alpha value is -3.70. The van der Waals surface area contributed by atoms with Crippen LogP contribution < -0.4 is 15.0 Å². The van der Waals surface area contributed by atoms with Gasteiger partial charge in [-0.1, -0.05) is 42.2 Å². The van der Waals surface area contributed by atoms with E-state index in [9.17, 15) is 19.2 Å². The summed E-state index contributed by atoms with van der Waals surface area (Å²) < 4.78 is 5.59. The van der Waals surface area contributed by atoms with Gasteiger partial charge in [0.2, 0.25) is 5.91 Å². The molecular weight excluding hydrogens is 490 g/mol. The lowest BCUT2D eigenvalue weighted by Gasteiger charge is -2.17. The summed E-state index contributed by atoms with van der Waals surface area (Å²) >= 11 is 6.22. The lowest BCUT2D eigenvalue weighted by Crippen LogP contribution is -2.35. The van der Waals surface area contributed by atoms with Gasteiger partial charge in [-0.3, -0.25) is 29.0 Å². The molecule has 0 spiro atoms. The van der Waals surface area contributed by atoms with E-state index in [2.05, 4.69) is 5.32 Å². The second kappa shape index (κ2) is 10.3. The van der Waals surface area contributed by atoms with Gasteiger partial charge in [0.1, 0.15) is 16.6 Å². The zero-order valence-electron chi connectivity index (χ0n) is 18.6. The molecule has 0 radical (unpaired) electrons. The van der Waals surface area contributed by atoms with E-state index in [4.69, 9.17) is 22.1 Å². The van der Waals surface area contributed by atoms with E-state index in [1.165, 1.54) is 9.80 Å². The number of carbonyl (C=O) groups is 4. The molecule has 2 N–H and O–H groups in total. The van der Waals surface area contributed by atoms with Crippen LogP contribution in [0.15, 0.2) is 53.4 Å². The largest absolute Gasteiger partial charge is 0.494 e. The highest BCUT2D eigenvalue weighted by atomic mass is 32.2.